The summed E-state index contributed by atoms with van der Waals surface area (Å²) in [4.78, 5) is 11.4. The van der Waals surface area contributed by atoms with Crippen LogP contribution in [-0.2, 0) is 6.42 Å². The molecule has 1 N–H and O–H groups in total. The standard InChI is InChI=1S/C39H42ClN5O/c40-32-10-14-34(15-11-32)46-35-16-12-33(13-17-35)45-27-38(43-39(45)30-6-2-1-3-7-30)29-19-22-44(23-20-29)21-5-4-8-31-26-42-37-18-9-28(25-41)24-36(31)37/h9-18,24,26-27,29-30,42H,1-8,19-23H2. The smallest absolute Gasteiger partial charge is 0.127 e. The van der Waals surface area contributed by atoms with Crippen LogP contribution in [0.1, 0.15) is 92.3 Å². The zero-order valence-corrected chi connectivity index (χ0v) is 27.2. The van der Waals surface area contributed by atoms with Crippen LogP contribution in [0.2, 0.25) is 5.02 Å². The molecule has 1 saturated carbocycles. The van der Waals surface area contributed by atoms with Crippen molar-refractivity contribution >= 4 is 22.5 Å². The Hall–Kier alpha value is -4.05. The Morgan fingerprint density at radius 1 is 0.870 bits per heavy atom. The van der Waals surface area contributed by atoms with Crippen LogP contribution in [0, 0.1) is 11.3 Å². The average Bonchev–Trinajstić information content (AvgIpc) is 3.73. The summed E-state index contributed by atoms with van der Waals surface area (Å²) < 4.78 is 8.43. The first-order chi connectivity index (χ1) is 22.6. The third-order valence-corrected chi connectivity index (χ3v) is 10.2. The zero-order chi connectivity index (χ0) is 31.3. The molecule has 6 nitrogen and oxygen atoms in total. The number of ether oxygens (including phenoxy) is 1. The van der Waals surface area contributed by atoms with E-state index in [1.807, 2.05) is 42.5 Å². The number of nitrogens with one attached hydrogen (secondary N) is 1. The molecule has 1 saturated heterocycles. The van der Waals surface area contributed by atoms with E-state index < -0.39 is 0 Å². The van der Waals surface area contributed by atoms with E-state index in [0.717, 1.165) is 73.6 Å². The van der Waals surface area contributed by atoms with E-state index in [0.29, 0.717) is 16.9 Å². The molecule has 2 aliphatic rings. The minimum atomic E-state index is 0.507. The van der Waals surface area contributed by atoms with Crippen molar-refractivity contribution < 1.29 is 4.74 Å². The molecule has 0 unspecified atom stereocenters. The first-order valence-electron chi connectivity index (χ1n) is 17.0. The SMILES string of the molecule is N#Cc1ccc2[nH]cc(CCCCN3CCC(c4cn(-c5ccc(Oc6ccc(Cl)cc6)cc5)c(C5CCCCC5)n4)CC3)c2c1. The summed E-state index contributed by atoms with van der Waals surface area (Å²) >= 11 is 6.04. The number of aromatic nitrogens is 3. The highest BCUT2D eigenvalue weighted by atomic mass is 35.5. The number of halogens is 1. The van der Waals surface area contributed by atoms with Gasteiger partial charge in [-0.25, -0.2) is 4.98 Å². The maximum Gasteiger partial charge on any atom is 0.127 e. The lowest BCUT2D eigenvalue weighted by Crippen LogP contribution is -2.33. The number of hydrogen-bond donors (Lipinski definition) is 1. The molecule has 5 aromatic rings. The van der Waals surface area contributed by atoms with E-state index in [2.05, 4.69) is 57.2 Å². The number of imidazole rings is 1. The summed E-state index contributed by atoms with van der Waals surface area (Å²) in [5.74, 6) is 3.86. The predicted molar refractivity (Wildman–Crippen MR) is 185 cm³/mol. The van der Waals surface area contributed by atoms with Crippen LogP contribution in [0.4, 0.5) is 0 Å². The van der Waals surface area contributed by atoms with Crippen LogP contribution < -0.4 is 4.74 Å². The van der Waals surface area contributed by atoms with Gasteiger partial charge in [-0.3, -0.25) is 0 Å². The van der Waals surface area contributed by atoms with Crippen LogP contribution in [-0.4, -0.2) is 39.1 Å². The second kappa shape index (κ2) is 14.2. The summed E-state index contributed by atoms with van der Waals surface area (Å²) in [7, 11) is 0. The highest BCUT2D eigenvalue weighted by Crippen LogP contribution is 2.37. The summed E-state index contributed by atoms with van der Waals surface area (Å²) in [6, 6.07) is 24.1. The van der Waals surface area contributed by atoms with Crippen molar-refractivity contribution in [3.05, 3.63) is 107 Å². The Bertz CT molecular complexity index is 1790. The molecule has 1 aliphatic heterocycles. The Balaban J connectivity index is 0.968. The van der Waals surface area contributed by atoms with Crippen LogP contribution in [0.5, 0.6) is 11.5 Å². The molecule has 2 aromatic heterocycles. The first-order valence-corrected chi connectivity index (χ1v) is 17.4. The lowest BCUT2D eigenvalue weighted by Gasteiger charge is -2.31. The number of piperidine rings is 1. The second-order valence-electron chi connectivity index (χ2n) is 13.0. The van der Waals surface area contributed by atoms with Gasteiger partial charge in [0.1, 0.15) is 17.3 Å². The van der Waals surface area contributed by atoms with Crippen LogP contribution >= 0.6 is 11.6 Å². The van der Waals surface area contributed by atoms with E-state index in [1.165, 1.54) is 61.0 Å². The van der Waals surface area contributed by atoms with Gasteiger partial charge in [0.15, 0.2) is 0 Å². The molecule has 7 heteroatoms. The fraction of sp³-hybridized carbons (Fsp3) is 0.385. The van der Waals surface area contributed by atoms with Crippen molar-refractivity contribution in [3.8, 4) is 23.3 Å². The molecule has 236 valence electrons. The molecule has 0 amide bonds. The fourth-order valence-corrected chi connectivity index (χ4v) is 7.46. The highest BCUT2D eigenvalue weighted by molar-refractivity contribution is 6.30. The topological polar surface area (TPSA) is 69.9 Å². The molecule has 0 spiro atoms. The van der Waals surface area contributed by atoms with Gasteiger partial charge >= 0.3 is 0 Å². The molecule has 3 heterocycles. The van der Waals surface area contributed by atoms with Gasteiger partial charge in [0.25, 0.3) is 0 Å². The lowest BCUT2D eigenvalue weighted by atomic mass is 9.88. The van der Waals surface area contributed by atoms with E-state index in [1.54, 1.807) is 0 Å². The van der Waals surface area contributed by atoms with Gasteiger partial charge in [0.05, 0.1) is 17.3 Å². The molecular weight excluding hydrogens is 590 g/mol. The Morgan fingerprint density at radius 3 is 2.35 bits per heavy atom. The second-order valence-corrected chi connectivity index (χ2v) is 13.5. The van der Waals surface area contributed by atoms with Crippen molar-refractivity contribution in [2.24, 2.45) is 0 Å². The molecule has 0 bridgehead atoms. The number of benzene rings is 3. The first kappa shape index (κ1) is 30.6. The number of nitrogens with zero attached hydrogens (tertiary/aromatic N) is 4. The largest absolute Gasteiger partial charge is 0.457 e. The average molecular weight is 632 g/mol. The normalized spacial score (nSPS) is 16.5. The Labute approximate surface area is 277 Å². The Kier molecular flexibility index (Phi) is 9.41. The van der Waals surface area contributed by atoms with Gasteiger partial charge in [-0.05, 0) is 137 Å². The molecule has 2 fully saturated rings. The number of fused-ring (bicyclic) bond motifs is 1. The van der Waals surface area contributed by atoms with Crippen molar-refractivity contribution in [1.29, 1.82) is 5.26 Å². The maximum atomic E-state index is 9.28. The van der Waals surface area contributed by atoms with Crippen LogP contribution in [0.15, 0.2) is 79.1 Å². The summed E-state index contributed by atoms with van der Waals surface area (Å²) in [5, 5.41) is 11.2. The van der Waals surface area contributed by atoms with E-state index in [-0.39, 0.29) is 0 Å². The highest BCUT2D eigenvalue weighted by Gasteiger charge is 2.27. The number of nitriles is 1. The van der Waals surface area contributed by atoms with Gasteiger partial charge in [0, 0.05) is 45.8 Å². The maximum absolute atomic E-state index is 9.28. The predicted octanol–water partition coefficient (Wildman–Crippen LogP) is 9.92. The van der Waals surface area contributed by atoms with Gasteiger partial charge in [-0.2, -0.15) is 5.26 Å². The van der Waals surface area contributed by atoms with E-state index >= 15 is 0 Å². The molecule has 7 rings (SSSR count). The van der Waals surface area contributed by atoms with Gasteiger partial charge in [-0.15, -0.1) is 0 Å². The van der Waals surface area contributed by atoms with Crippen molar-refractivity contribution in [2.75, 3.05) is 19.6 Å². The number of unbranched alkanes of at least 4 members (excludes halogenated alkanes) is 1. The van der Waals surface area contributed by atoms with E-state index in [4.69, 9.17) is 21.3 Å². The quantitative estimate of drug-likeness (QED) is 0.156. The monoisotopic (exact) mass is 631 g/mol. The summed E-state index contributed by atoms with van der Waals surface area (Å²) in [5.41, 5.74) is 5.57. The third-order valence-electron chi connectivity index (χ3n) is 9.96. The summed E-state index contributed by atoms with van der Waals surface area (Å²) in [6.07, 6.45) is 16.5. The van der Waals surface area contributed by atoms with Gasteiger partial charge < -0.3 is 19.2 Å². The van der Waals surface area contributed by atoms with Crippen LogP contribution in [0.25, 0.3) is 16.6 Å². The van der Waals surface area contributed by atoms with Crippen LogP contribution in [0.3, 0.4) is 0 Å². The van der Waals surface area contributed by atoms with Crippen molar-refractivity contribution in [3.63, 3.8) is 0 Å². The minimum absolute atomic E-state index is 0.507. The molecule has 46 heavy (non-hydrogen) atoms. The van der Waals surface area contributed by atoms with Crippen molar-refractivity contribution in [1.82, 2.24) is 19.4 Å². The number of rotatable bonds is 10. The van der Waals surface area contributed by atoms with E-state index in [9.17, 15) is 5.26 Å². The Morgan fingerprint density at radius 2 is 1.61 bits per heavy atom. The fourth-order valence-electron chi connectivity index (χ4n) is 7.34. The number of hydrogen-bond acceptors (Lipinski definition) is 4. The third kappa shape index (κ3) is 7.02. The number of likely N-dealkylation sites (tertiary alicyclic amines) is 1. The molecule has 3 aromatic carbocycles. The molecule has 0 atom stereocenters. The van der Waals surface area contributed by atoms with Gasteiger partial charge in [0.2, 0.25) is 0 Å². The summed E-state index contributed by atoms with van der Waals surface area (Å²) in [6.45, 7) is 3.40. The molecule has 1 aliphatic carbocycles. The zero-order valence-electron chi connectivity index (χ0n) is 26.4. The number of aromatic amines is 1. The minimum Gasteiger partial charge on any atom is -0.457 e. The molecule has 0 radical (unpaired) electrons. The number of aryl methyl sites for hydroxylation is 1. The van der Waals surface area contributed by atoms with Gasteiger partial charge in [-0.1, -0.05) is 30.9 Å². The lowest BCUT2D eigenvalue weighted by molar-refractivity contribution is 0.207. The number of H-pyrrole nitrogens is 1. The van der Waals surface area contributed by atoms with Crippen molar-refractivity contribution in [2.45, 2.75) is 76.0 Å². The molecular formula is C39H42ClN5O.